The van der Waals surface area contributed by atoms with Crippen LogP contribution in [0.5, 0.6) is 0 Å². The van der Waals surface area contributed by atoms with Gasteiger partial charge in [0.1, 0.15) is 0 Å². The number of halogens is 1. The number of anilines is 2. The Hall–Kier alpha value is -1.59. The summed E-state index contributed by atoms with van der Waals surface area (Å²) in [6.07, 6.45) is 3.72. The van der Waals surface area contributed by atoms with E-state index < -0.39 is 5.60 Å². The number of hydrogen-bond acceptors (Lipinski definition) is 5. The summed E-state index contributed by atoms with van der Waals surface area (Å²) in [5.41, 5.74) is 0.982. The van der Waals surface area contributed by atoms with Crippen LogP contribution in [-0.2, 0) is 15.1 Å². The molecule has 1 N–H and O–H groups in total. The Morgan fingerprint density at radius 2 is 2.25 bits per heavy atom. The molecule has 0 radical (unpaired) electrons. The molecule has 3 rings (SSSR count). The summed E-state index contributed by atoms with van der Waals surface area (Å²) in [5.74, 6) is -0.115. The topological polar surface area (TPSA) is 51.2 Å². The van der Waals surface area contributed by atoms with E-state index in [1.165, 1.54) is 11.3 Å². The zero-order valence-electron chi connectivity index (χ0n) is 13.8. The molecule has 2 unspecified atom stereocenters. The van der Waals surface area contributed by atoms with Gasteiger partial charge in [0.05, 0.1) is 22.3 Å². The largest absolute Gasteiger partial charge is 0.453 e. The first kappa shape index (κ1) is 17.2. The third-order valence-electron chi connectivity index (χ3n) is 4.36. The van der Waals surface area contributed by atoms with Gasteiger partial charge < -0.3 is 10.1 Å². The van der Waals surface area contributed by atoms with Gasteiger partial charge in [-0.05, 0) is 25.5 Å². The number of aromatic nitrogens is 1. The minimum atomic E-state index is -0.633. The number of thiazole rings is 1. The molecule has 1 fully saturated rings. The first-order valence-electron chi connectivity index (χ1n) is 8.22. The van der Waals surface area contributed by atoms with Crippen LogP contribution in [0.15, 0.2) is 29.6 Å². The van der Waals surface area contributed by atoms with E-state index in [0.29, 0.717) is 11.4 Å². The molecule has 0 aliphatic carbocycles. The lowest BCUT2D eigenvalue weighted by molar-refractivity contribution is -0.150. The van der Waals surface area contributed by atoms with Gasteiger partial charge in [-0.1, -0.05) is 43.5 Å². The standard InChI is InChI=1S/C18H21ClN2O2S/c1-3-4-7-12-10-18(2,23-16(12)22)15-11-24-17(21-15)20-14-9-6-5-8-13(14)19/h5-6,8-9,11-12H,3-4,7,10H2,1-2H3,(H,20,21). The molecule has 0 spiro atoms. The molecule has 1 aromatic heterocycles. The van der Waals surface area contributed by atoms with Crippen molar-refractivity contribution in [2.75, 3.05) is 5.32 Å². The van der Waals surface area contributed by atoms with Gasteiger partial charge >= 0.3 is 5.97 Å². The lowest BCUT2D eigenvalue weighted by Gasteiger charge is -2.20. The number of benzene rings is 1. The van der Waals surface area contributed by atoms with Crippen LogP contribution in [0.1, 0.15) is 45.2 Å². The molecule has 1 aliphatic rings. The van der Waals surface area contributed by atoms with E-state index in [-0.39, 0.29) is 11.9 Å². The third kappa shape index (κ3) is 3.57. The van der Waals surface area contributed by atoms with Crippen molar-refractivity contribution in [3.05, 3.63) is 40.4 Å². The third-order valence-corrected chi connectivity index (χ3v) is 5.45. The van der Waals surface area contributed by atoms with Gasteiger partial charge in [0, 0.05) is 11.8 Å². The SMILES string of the molecule is CCCCC1CC(C)(c2csc(Nc3ccccc3Cl)n2)OC1=O. The minimum Gasteiger partial charge on any atom is -0.453 e. The second-order valence-electron chi connectivity index (χ2n) is 6.34. The number of ether oxygens (including phenoxy) is 1. The van der Waals surface area contributed by atoms with Gasteiger partial charge in [-0.25, -0.2) is 4.98 Å². The summed E-state index contributed by atoms with van der Waals surface area (Å²) in [6, 6.07) is 7.54. The molecule has 6 heteroatoms. The number of carbonyl (C=O) groups is 1. The van der Waals surface area contributed by atoms with Crippen molar-refractivity contribution < 1.29 is 9.53 Å². The number of unbranched alkanes of at least 4 members (excludes halogenated alkanes) is 1. The summed E-state index contributed by atoms with van der Waals surface area (Å²) in [6.45, 7) is 4.08. The van der Waals surface area contributed by atoms with E-state index in [4.69, 9.17) is 16.3 Å². The fourth-order valence-electron chi connectivity index (χ4n) is 2.98. The normalized spacial score (nSPS) is 23.3. The molecule has 2 heterocycles. The summed E-state index contributed by atoms with van der Waals surface area (Å²) < 4.78 is 5.68. The number of rotatable bonds is 6. The highest BCUT2D eigenvalue weighted by atomic mass is 35.5. The Morgan fingerprint density at radius 3 is 3.00 bits per heavy atom. The van der Waals surface area contributed by atoms with Gasteiger partial charge in [-0.15, -0.1) is 11.3 Å². The Kier molecular flexibility index (Phi) is 5.11. The first-order chi connectivity index (χ1) is 11.5. The predicted molar refractivity (Wildman–Crippen MR) is 97.9 cm³/mol. The van der Waals surface area contributed by atoms with E-state index >= 15 is 0 Å². The number of cyclic esters (lactones) is 1. The van der Waals surface area contributed by atoms with Crippen molar-refractivity contribution in [1.82, 2.24) is 4.98 Å². The van der Waals surface area contributed by atoms with Gasteiger partial charge in [-0.2, -0.15) is 0 Å². The van der Waals surface area contributed by atoms with Gasteiger partial charge in [0.25, 0.3) is 0 Å². The van der Waals surface area contributed by atoms with Crippen molar-refractivity contribution >= 4 is 39.7 Å². The Morgan fingerprint density at radius 1 is 1.46 bits per heavy atom. The monoisotopic (exact) mass is 364 g/mol. The molecule has 2 atom stereocenters. The molecule has 1 saturated heterocycles. The highest BCUT2D eigenvalue weighted by molar-refractivity contribution is 7.13. The second-order valence-corrected chi connectivity index (χ2v) is 7.60. The van der Waals surface area contributed by atoms with Crippen molar-refractivity contribution in [3.63, 3.8) is 0 Å². The van der Waals surface area contributed by atoms with Crippen LogP contribution in [0.4, 0.5) is 10.8 Å². The summed E-state index contributed by atoms with van der Waals surface area (Å²) >= 11 is 7.65. The fourth-order valence-corrected chi connectivity index (χ4v) is 4.01. The molecule has 128 valence electrons. The average molecular weight is 365 g/mol. The Bertz CT molecular complexity index is 733. The molecule has 1 aromatic carbocycles. The van der Waals surface area contributed by atoms with Crippen LogP contribution in [-0.4, -0.2) is 11.0 Å². The minimum absolute atomic E-state index is 0.0170. The molecule has 0 saturated carbocycles. The molecule has 2 aromatic rings. The van der Waals surface area contributed by atoms with E-state index in [1.807, 2.05) is 36.6 Å². The highest BCUT2D eigenvalue weighted by Crippen LogP contribution is 2.42. The van der Waals surface area contributed by atoms with Crippen molar-refractivity contribution in [1.29, 1.82) is 0 Å². The highest BCUT2D eigenvalue weighted by Gasteiger charge is 2.45. The Labute approximate surface area is 151 Å². The zero-order chi connectivity index (χ0) is 17.2. The summed E-state index contributed by atoms with van der Waals surface area (Å²) in [5, 5.41) is 6.57. The van der Waals surface area contributed by atoms with Crippen molar-refractivity contribution in [3.8, 4) is 0 Å². The fraction of sp³-hybridized carbons (Fsp3) is 0.444. The lowest BCUT2D eigenvalue weighted by Crippen LogP contribution is -2.21. The van der Waals surface area contributed by atoms with E-state index in [2.05, 4.69) is 17.2 Å². The van der Waals surface area contributed by atoms with Gasteiger partial charge in [0.2, 0.25) is 0 Å². The smallest absolute Gasteiger partial charge is 0.310 e. The van der Waals surface area contributed by atoms with Crippen LogP contribution < -0.4 is 5.32 Å². The summed E-state index contributed by atoms with van der Waals surface area (Å²) in [7, 11) is 0. The molecule has 0 bridgehead atoms. The van der Waals surface area contributed by atoms with E-state index in [9.17, 15) is 4.79 Å². The zero-order valence-corrected chi connectivity index (χ0v) is 15.4. The number of hydrogen-bond donors (Lipinski definition) is 1. The number of carbonyl (C=O) groups excluding carboxylic acids is 1. The van der Waals surface area contributed by atoms with Crippen LogP contribution in [0, 0.1) is 5.92 Å². The van der Waals surface area contributed by atoms with E-state index in [0.717, 1.165) is 35.8 Å². The first-order valence-corrected chi connectivity index (χ1v) is 9.48. The maximum Gasteiger partial charge on any atom is 0.310 e. The lowest BCUT2D eigenvalue weighted by atomic mass is 9.90. The molecule has 0 amide bonds. The van der Waals surface area contributed by atoms with Crippen molar-refractivity contribution in [2.45, 2.75) is 45.1 Å². The second kappa shape index (κ2) is 7.11. The molecule has 24 heavy (non-hydrogen) atoms. The molecule has 1 aliphatic heterocycles. The maximum atomic E-state index is 12.1. The number of para-hydroxylation sites is 1. The quantitative estimate of drug-likeness (QED) is 0.687. The Balaban J connectivity index is 1.73. The number of nitrogens with one attached hydrogen (secondary N) is 1. The van der Waals surface area contributed by atoms with Crippen LogP contribution in [0.25, 0.3) is 0 Å². The number of esters is 1. The molecular weight excluding hydrogens is 344 g/mol. The molecule has 4 nitrogen and oxygen atoms in total. The van der Waals surface area contributed by atoms with Crippen LogP contribution in [0.3, 0.4) is 0 Å². The van der Waals surface area contributed by atoms with Crippen LogP contribution in [0.2, 0.25) is 5.02 Å². The van der Waals surface area contributed by atoms with Gasteiger partial charge in [-0.3, -0.25) is 4.79 Å². The average Bonchev–Trinajstić information content (AvgIpc) is 3.13. The summed E-state index contributed by atoms with van der Waals surface area (Å²) in [4.78, 5) is 16.8. The van der Waals surface area contributed by atoms with Crippen LogP contribution >= 0.6 is 22.9 Å². The number of nitrogens with zero attached hydrogens (tertiary/aromatic N) is 1. The maximum absolute atomic E-state index is 12.1. The van der Waals surface area contributed by atoms with Gasteiger partial charge in [0.15, 0.2) is 10.7 Å². The predicted octanol–water partition coefficient (Wildman–Crippen LogP) is 5.51. The van der Waals surface area contributed by atoms with E-state index in [1.54, 1.807) is 0 Å². The molecular formula is C18H21ClN2O2S. The van der Waals surface area contributed by atoms with Crippen molar-refractivity contribution in [2.24, 2.45) is 5.92 Å².